The van der Waals surface area contributed by atoms with E-state index in [1.54, 1.807) is 12.1 Å². The van der Waals surface area contributed by atoms with Gasteiger partial charge in [-0.25, -0.2) is 24.3 Å². The molecule has 0 fully saturated rings. The van der Waals surface area contributed by atoms with Gasteiger partial charge in [0, 0.05) is 24.3 Å². The number of nitrogens with one attached hydrogen (secondary N) is 2. The van der Waals surface area contributed by atoms with Gasteiger partial charge in [-0.3, -0.25) is 10.2 Å². The molecule has 0 saturated carbocycles. The molecule has 9 heteroatoms. The molecule has 1 aliphatic heterocycles. The lowest BCUT2D eigenvalue weighted by molar-refractivity contribution is -0.118. The zero-order valence-corrected chi connectivity index (χ0v) is 16.0. The van der Waals surface area contributed by atoms with E-state index < -0.39 is 17.8 Å². The van der Waals surface area contributed by atoms with E-state index in [1.807, 2.05) is 13.8 Å². The van der Waals surface area contributed by atoms with Crippen molar-refractivity contribution < 1.29 is 18.7 Å². The predicted molar refractivity (Wildman–Crippen MR) is 101 cm³/mol. The van der Waals surface area contributed by atoms with E-state index in [9.17, 15) is 14.0 Å². The third kappa shape index (κ3) is 3.28. The number of carbonyl (C=O) groups excluding carboxylic acids is 2. The number of halogens is 1. The first kappa shape index (κ1) is 18.9. The summed E-state index contributed by atoms with van der Waals surface area (Å²) in [7, 11) is 0. The fraction of sp³-hybridized carbons (Fsp3) is 0.300. The van der Waals surface area contributed by atoms with Gasteiger partial charge in [-0.2, -0.15) is 0 Å². The molecular weight excluding hydrogens is 377 g/mol. The molecule has 1 aromatic carbocycles. The van der Waals surface area contributed by atoms with Crippen LogP contribution in [0.25, 0.3) is 0 Å². The molecule has 150 valence electrons. The highest BCUT2D eigenvalue weighted by molar-refractivity contribution is 6.00. The van der Waals surface area contributed by atoms with Crippen molar-refractivity contribution in [2.45, 2.75) is 32.6 Å². The molecule has 0 saturated heterocycles. The Labute approximate surface area is 165 Å². The highest BCUT2D eigenvalue weighted by atomic mass is 19.1. The van der Waals surface area contributed by atoms with Crippen molar-refractivity contribution in [3.05, 3.63) is 64.4 Å². The van der Waals surface area contributed by atoms with Gasteiger partial charge in [0.05, 0.1) is 5.56 Å². The van der Waals surface area contributed by atoms with Crippen LogP contribution < -0.4 is 21.4 Å². The highest BCUT2D eigenvalue weighted by Gasteiger charge is 2.43. The van der Waals surface area contributed by atoms with Crippen LogP contribution in [0.5, 0.6) is 5.88 Å². The number of hydrogen-bond donors (Lipinski definition) is 3. The average molecular weight is 397 g/mol. The molecule has 1 unspecified atom stereocenters. The van der Waals surface area contributed by atoms with E-state index in [4.69, 9.17) is 15.9 Å². The Bertz CT molecular complexity index is 1120. The van der Waals surface area contributed by atoms with Crippen molar-refractivity contribution in [1.29, 1.82) is 5.41 Å². The summed E-state index contributed by atoms with van der Waals surface area (Å²) in [6.45, 7) is 3.97. The normalized spacial score (nSPS) is 19.8. The zero-order chi connectivity index (χ0) is 20.9. The van der Waals surface area contributed by atoms with E-state index in [0.717, 1.165) is 4.68 Å². The topological polar surface area (TPSA) is 123 Å². The second kappa shape index (κ2) is 6.54. The summed E-state index contributed by atoms with van der Waals surface area (Å²) in [5.74, 6) is -0.472. The first-order chi connectivity index (χ1) is 13.7. The molecule has 4 rings (SSSR count). The van der Waals surface area contributed by atoms with Crippen molar-refractivity contribution in [1.82, 2.24) is 9.66 Å². The Morgan fingerprint density at radius 1 is 1.34 bits per heavy atom. The SMILES string of the molecule is CC1(C)CC(=O)C2=C(C1)Oc1ncn(NC(N)=O)c(=N)c1C2c1ccc(F)cc1. The number of amides is 2. The summed E-state index contributed by atoms with van der Waals surface area (Å²) in [5.41, 5.74) is 8.43. The number of fused-ring (bicyclic) bond motifs is 1. The third-order valence-corrected chi connectivity index (χ3v) is 5.13. The van der Waals surface area contributed by atoms with Crippen molar-refractivity contribution >= 4 is 11.8 Å². The summed E-state index contributed by atoms with van der Waals surface area (Å²) >= 11 is 0. The molecule has 2 heterocycles. The fourth-order valence-corrected chi connectivity index (χ4v) is 3.95. The Kier molecular flexibility index (Phi) is 4.25. The maximum atomic E-state index is 13.5. The van der Waals surface area contributed by atoms with Crippen molar-refractivity contribution in [2.75, 3.05) is 5.43 Å². The number of benzene rings is 1. The molecule has 0 spiro atoms. The lowest BCUT2D eigenvalue weighted by Gasteiger charge is -2.37. The number of ether oxygens (including phenoxy) is 1. The molecule has 2 aromatic rings. The summed E-state index contributed by atoms with van der Waals surface area (Å²) in [6, 6.07) is 4.89. The van der Waals surface area contributed by atoms with Crippen LogP contribution in [0.2, 0.25) is 0 Å². The molecule has 8 nitrogen and oxygen atoms in total. The predicted octanol–water partition coefficient (Wildman–Crippen LogP) is 2.29. The zero-order valence-electron chi connectivity index (χ0n) is 16.0. The first-order valence-corrected chi connectivity index (χ1v) is 9.08. The number of primary amides is 1. The maximum Gasteiger partial charge on any atom is 0.331 e. The number of carbonyl (C=O) groups is 2. The van der Waals surface area contributed by atoms with Crippen LogP contribution in [0.4, 0.5) is 9.18 Å². The van der Waals surface area contributed by atoms with Gasteiger partial charge in [-0.1, -0.05) is 26.0 Å². The van der Waals surface area contributed by atoms with Crippen LogP contribution in [0.1, 0.15) is 43.7 Å². The van der Waals surface area contributed by atoms with Crippen molar-refractivity contribution in [3.8, 4) is 5.88 Å². The van der Waals surface area contributed by atoms with E-state index in [-0.39, 0.29) is 22.6 Å². The minimum atomic E-state index is -0.865. The number of Topliss-reactive ketones (excluding diaryl/α,β-unsaturated/α-hetero) is 1. The van der Waals surface area contributed by atoms with Gasteiger partial charge < -0.3 is 10.5 Å². The smallest absolute Gasteiger partial charge is 0.331 e. The van der Waals surface area contributed by atoms with E-state index >= 15 is 0 Å². The number of hydrogen-bond acceptors (Lipinski definition) is 5. The van der Waals surface area contributed by atoms with Crippen LogP contribution in [0, 0.1) is 16.6 Å². The van der Waals surface area contributed by atoms with Crippen LogP contribution >= 0.6 is 0 Å². The minimum Gasteiger partial charge on any atom is -0.442 e. The molecule has 2 amide bonds. The largest absolute Gasteiger partial charge is 0.442 e. The monoisotopic (exact) mass is 397 g/mol. The Morgan fingerprint density at radius 3 is 2.69 bits per heavy atom. The van der Waals surface area contributed by atoms with Gasteiger partial charge in [0.15, 0.2) is 11.3 Å². The Balaban J connectivity index is 1.96. The van der Waals surface area contributed by atoms with E-state index in [2.05, 4.69) is 10.4 Å². The molecule has 1 atom stereocenters. The van der Waals surface area contributed by atoms with E-state index in [0.29, 0.717) is 35.3 Å². The van der Waals surface area contributed by atoms with Crippen LogP contribution in [-0.2, 0) is 4.79 Å². The summed E-state index contributed by atoms with van der Waals surface area (Å²) in [6.07, 6.45) is 2.08. The lowest BCUT2D eigenvalue weighted by atomic mass is 9.70. The first-order valence-electron chi connectivity index (χ1n) is 9.08. The number of urea groups is 1. The van der Waals surface area contributed by atoms with Crippen molar-refractivity contribution in [3.63, 3.8) is 0 Å². The van der Waals surface area contributed by atoms with Crippen molar-refractivity contribution in [2.24, 2.45) is 11.1 Å². The van der Waals surface area contributed by atoms with Gasteiger partial charge in [-0.05, 0) is 23.1 Å². The number of nitrogens with zero attached hydrogens (tertiary/aromatic N) is 2. The van der Waals surface area contributed by atoms with Crippen LogP contribution in [0.3, 0.4) is 0 Å². The molecule has 1 aromatic heterocycles. The van der Waals surface area contributed by atoms with Crippen LogP contribution in [0.15, 0.2) is 41.9 Å². The third-order valence-electron chi connectivity index (χ3n) is 5.13. The number of rotatable bonds is 2. The van der Waals surface area contributed by atoms with Gasteiger partial charge in [0.2, 0.25) is 5.88 Å². The number of ketones is 1. The van der Waals surface area contributed by atoms with Gasteiger partial charge in [-0.15, -0.1) is 0 Å². The van der Waals surface area contributed by atoms with Gasteiger partial charge in [0.25, 0.3) is 0 Å². The van der Waals surface area contributed by atoms with Gasteiger partial charge >= 0.3 is 6.03 Å². The van der Waals surface area contributed by atoms with E-state index in [1.165, 1.54) is 18.5 Å². The quantitative estimate of drug-likeness (QED) is 0.719. The number of nitrogens with two attached hydrogens (primary N) is 1. The summed E-state index contributed by atoms with van der Waals surface area (Å²) in [4.78, 5) is 28.6. The Hall–Kier alpha value is -3.49. The fourth-order valence-electron chi connectivity index (χ4n) is 3.95. The Morgan fingerprint density at radius 2 is 2.03 bits per heavy atom. The van der Waals surface area contributed by atoms with Crippen LogP contribution in [-0.4, -0.2) is 21.5 Å². The molecule has 0 bridgehead atoms. The number of aromatic nitrogens is 2. The molecule has 1 aliphatic carbocycles. The maximum absolute atomic E-state index is 13.5. The second-order valence-corrected chi connectivity index (χ2v) is 8.02. The second-order valence-electron chi connectivity index (χ2n) is 8.02. The molecule has 2 aliphatic rings. The minimum absolute atomic E-state index is 0.0890. The molecule has 0 radical (unpaired) electrons. The molecular formula is C20H20FN5O3. The summed E-state index contributed by atoms with van der Waals surface area (Å²) < 4.78 is 20.5. The summed E-state index contributed by atoms with van der Waals surface area (Å²) in [5, 5.41) is 8.55. The molecule has 29 heavy (non-hydrogen) atoms. The molecule has 4 N–H and O–H groups in total. The highest BCUT2D eigenvalue weighted by Crippen LogP contribution is 2.48. The number of allylic oxidation sites excluding steroid dienone is 2. The van der Waals surface area contributed by atoms with Gasteiger partial charge in [0.1, 0.15) is 17.9 Å². The lowest BCUT2D eigenvalue weighted by Crippen LogP contribution is -2.41. The average Bonchev–Trinajstić information content (AvgIpc) is 2.62. The standard InChI is InChI=1S/C20H20FN5O3/c1-20(2)7-12(27)15-13(8-20)29-18-16(14(15)10-3-5-11(21)6-4-10)17(22)26(9-24-18)25-19(23)28/h3-6,9,14,22H,7-8H2,1-2H3,(H3,23,25,28).